The van der Waals surface area contributed by atoms with Crippen LogP contribution in [-0.2, 0) is 9.53 Å². The van der Waals surface area contributed by atoms with Gasteiger partial charge in [0.15, 0.2) is 6.10 Å². The van der Waals surface area contributed by atoms with Gasteiger partial charge in [0.25, 0.3) is 17.7 Å². The highest BCUT2D eigenvalue weighted by atomic mass is 16.5. The predicted octanol–water partition coefficient (Wildman–Crippen LogP) is 3.54. The van der Waals surface area contributed by atoms with Crippen molar-refractivity contribution >= 4 is 35.1 Å². The number of fused-ring (bicyclic) bond motifs is 1. The Morgan fingerprint density at radius 2 is 1.61 bits per heavy atom. The molecule has 1 atom stereocenters. The van der Waals surface area contributed by atoms with E-state index in [2.05, 4.69) is 5.32 Å². The first-order chi connectivity index (χ1) is 15.9. The van der Waals surface area contributed by atoms with Gasteiger partial charge in [0.1, 0.15) is 0 Å². The minimum Gasteiger partial charge on any atom is -0.449 e. The van der Waals surface area contributed by atoms with E-state index in [1.807, 2.05) is 6.07 Å². The Labute approximate surface area is 189 Å². The summed E-state index contributed by atoms with van der Waals surface area (Å²) in [6.45, 7) is 1.41. The van der Waals surface area contributed by atoms with Gasteiger partial charge in [-0.2, -0.15) is 5.26 Å². The number of rotatable bonds is 5. The molecular weight excluding hydrogens is 422 g/mol. The van der Waals surface area contributed by atoms with Gasteiger partial charge in [-0.15, -0.1) is 0 Å². The van der Waals surface area contributed by atoms with Gasteiger partial charge in [0.05, 0.1) is 34.0 Å². The summed E-state index contributed by atoms with van der Waals surface area (Å²) in [6, 6.07) is 20.7. The summed E-state index contributed by atoms with van der Waals surface area (Å²) in [5, 5.41) is 11.5. The number of imide groups is 1. The van der Waals surface area contributed by atoms with Crippen molar-refractivity contribution in [2.45, 2.75) is 13.0 Å². The molecule has 1 aliphatic rings. The summed E-state index contributed by atoms with van der Waals surface area (Å²) in [6.07, 6.45) is -1.13. The molecule has 3 aromatic rings. The lowest BCUT2D eigenvalue weighted by molar-refractivity contribution is -0.123. The van der Waals surface area contributed by atoms with Crippen molar-refractivity contribution in [2.75, 3.05) is 10.2 Å². The number of anilines is 2. The second kappa shape index (κ2) is 8.77. The SMILES string of the molecule is CC(OC(=O)c1cccc(N2C(=O)c3ccccc3C2=O)c1)C(=O)Nc1cccc(C#N)c1. The van der Waals surface area contributed by atoms with E-state index in [0.29, 0.717) is 22.4 Å². The van der Waals surface area contributed by atoms with Gasteiger partial charge in [-0.25, -0.2) is 9.69 Å². The molecule has 0 aliphatic carbocycles. The van der Waals surface area contributed by atoms with Gasteiger partial charge in [-0.05, 0) is 55.5 Å². The largest absolute Gasteiger partial charge is 0.449 e. The van der Waals surface area contributed by atoms with Crippen molar-refractivity contribution < 1.29 is 23.9 Å². The van der Waals surface area contributed by atoms with Gasteiger partial charge < -0.3 is 10.1 Å². The molecule has 3 aromatic carbocycles. The van der Waals surface area contributed by atoms with Gasteiger partial charge in [-0.3, -0.25) is 14.4 Å². The quantitative estimate of drug-likeness (QED) is 0.480. The Morgan fingerprint density at radius 3 is 2.27 bits per heavy atom. The number of ether oxygens (including phenoxy) is 1. The van der Waals surface area contributed by atoms with E-state index in [1.54, 1.807) is 42.5 Å². The number of nitrogens with zero attached hydrogens (tertiary/aromatic N) is 2. The van der Waals surface area contributed by atoms with Crippen LogP contribution in [0.1, 0.15) is 43.6 Å². The van der Waals surface area contributed by atoms with Crippen LogP contribution in [0.5, 0.6) is 0 Å². The van der Waals surface area contributed by atoms with E-state index in [-0.39, 0.29) is 11.3 Å². The maximum Gasteiger partial charge on any atom is 0.338 e. The minimum atomic E-state index is -1.13. The molecule has 8 heteroatoms. The molecule has 1 unspecified atom stereocenters. The number of carbonyl (C=O) groups excluding carboxylic acids is 4. The van der Waals surface area contributed by atoms with Crippen LogP contribution in [0, 0.1) is 11.3 Å². The summed E-state index contributed by atoms with van der Waals surface area (Å²) in [7, 11) is 0. The first-order valence-electron chi connectivity index (χ1n) is 9.99. The Balaban J connectivity index is 1.47. The van der Waals surface area contributed by atoms with Crippen LogP contribution < -0.4 is 10.2 Å². The Kier molecular flexibility index (Phi) is 5.70. The lowest BCUT2D eigenvalue weighted by atomic mass is 10.1. The van der Waals surface area contributed by atoms with Gasteiger partial charge in [-0.1, -0.05) is 24.3 Å². The maximum absolute atomic E-state index is 12.7. The summed E-state index contributed by atoms with van der Waals surface area (Å²) in [5.74, 6) is -2.32. The summed E-state index contributed by atoms with van der Waals surface area (Å²) in [5.41, 5.74) is 1.66. The lowest BCUT2D eigenvalue weighted by Gasteiger charge is -2.16. The van der Waals surface area contributed by atoms with Crippen molar-refractivity contribution in [1.82, 2.24) is 0 Å². The molecule has 1 heterocycles. The number of benzene rings is 3. The molecular formula is C25H17N3O5. The predicted molar refractivity (Wildman–Crippen MR) is 119 cm³/mol. The third-order valence-corrected chi connectivity index (χ3v) is 5.05. The smallest absolute Gasteiger partial charge is 0.338 e. The van der Waals surface area contributed by atoms with Crippen LogP contribution in [0.2, 0.25) is 0 Å². The van der Waals surface area contributed by atoms with Crippen LogP contribution >= 0.6 is 0 Å². The second-order valence-corrected chi connectivity index (χ2v) is 7.27. The number of carbonyl (C=O) groups is 4. The highest BCUT2D eigenvalue weighted by molar-refractivity contribution is 6.34. The summed E-state index contributed by atoms with van der Waals surface area (Å²) in [4.78, 5) is 51.4. The number of amides is 3. The third kappa shape index (κ3) is 4.20. The molecule has 0 bridgehead atoms. The van der Waals surface area contributed by atoms with E-state index in [0.717, 1.165) is 4.90 Å². The number of nitriles is 1. The number of hydrogen-bond donors (Lipinski definition) is 1. The van der Waals surface area contributed by atoms with Crippen molar-refractivity contribution in [3.05, 3.63) is 95.1 Å². The average molecular weight is 439 g/mol. The highest BCUT2D eigenvalue weighted by Gasteiger charge is 2.36. The van der Waals surface area contributed by atoms with Crippen molar-refractivity contribution in [3.8, 4) is 6.07 Å². The second-order valence-electron chi connectivity index (χ2n) is 7.27. The zero-order valence-electron chi connectivity index (χ0n) is 17.4. The number of esters is 1. The van der Waals surface area contributed by atoms with Crippen molar-refractivity contribution in [3.63, 3.8) is 0 Å². The van der Waals surface area contributed by atoms with E-state index < -0.39 is 29.8 Å². The molecule has 8 nitrogen and oxygen atoms in total. The van der Waals surface area contributed by atoms with Crippen LogP contribution in [-0.4, -0.2) is 29.8 Å². The van der Waals surface area contributed by atoms with Gasteiger partial charge in [0.2, 0.25) is 0 Å². The third-order valence-electron chi connectivity index (χ3n) is 5.05. The fraction of sp³-hybridized carbons (Fsp3) is 0.0800. The molecule has 1 aliphatic heterocycles. The van der Waals surface area contributed by atoms with Crippen molar-refractivity contribution in [1.29, 1.82) is 5.26 Å². The van der Waals surface area contributed by atoms with Crippen LogP contribution in [0.25, 0.3) is 0 Å². The van der Waals surface area contributed by atoms with E-state index in [9.17, 15) is 19.2 Å². The molecule has 0 saturated carbocycles. The van der Waals surface area contributed by atoms with E-state index >= 15 is 0 Å². The first-order valence-corrected chi connectivity index (χ1v) is 9.99. The maximum atomic E-state index is 12.7. The average Bonchev–Trinajstić information content (AvgIpc) is 3.09. The van der Waals surface area contributed by atoms with E-state index in [1.165, 1.54) is 37.3 Å². The van der Waals surface area contributed by atoms with Crippen LogP contribution in [0.4, 0.5) is 11.4 Å². The van der Waals surface area contributed by atoms with E-state index in [4.69, 9.17) is 10.00 Å². The lowest BCUT2D eigenvalue weighted by Crippen LogP contribution is -2.31. The Hall–Kier alpha value is -4.77. The first kappa shape index (κ1) is 21.5. The Morgan fingerprint density at radius 1 is 0.939 bits per heavy atom. The minimum absolute atomic E-state index is 0.0789. The van der Waals surface area contributed by atoms with Crippen LogP contribution in [0.3, 0.4) is 0 Å². The molecule has 0 aromatic heterocycles. The molecule has 3 amide bonds. The molecule has 33 heavy (non-hydrogen) atoms. The fourth-order valence-corrected chi connectivity index (χ4v) is 3.39. The molecule has 0 fully saturated rings. The van der Waals surface area contributed by atoms with Gasteiger partial charge >= 0.3 is 5.97 Å². The molecule has 0 saturated heterocycles. The standard InChI is InChI=1S/C25H17N3O5/c1-15(22(29)27-18-8-4-6-16(12-18)14-26)33-25(32)17-7-5-9-19(13-17)28-23(30)20-10-2-3-11-21(20)24(28)31/h2-13,15H,1H3,(H,27,29). The zero-order chi connectivity index (χ0) is 23.5. The summed E-state index contributed by atoms with van der Waals surface area (Å²) >= 11 is 0. The molecule has 0 spiro atoms. The topological polar surface area (TPSA) is 117 Å². The fourth-order valence-electron chi connectivity index (χ4n) is 3.39. The van der Waals surface area contributed by atoms with Crippen molar-refractivity contribution in [2.24, 2.45) is 0 Å². The normalized spacial score (nSPS) is 13.2. The Bertz CT molecular complexity index is 1310. The monoisotopic (exact) mass is 439 g/mol. The molecule has 1 N–H and O–H groups in total. The molecule has 4 rings (SSSR count). The van der Waals surface area contributed by atoms with Crippen LogP contribution in [0.15, 0.2) is 72.8 Å². The highest BCUT2D eigenvalue weighted by Crippen LogP contribution is 2.29. The van der Waals surface area contributed by atoms with Gasteiger partial charge in [0, 0.05) is 5.69 Å². The zero-order valence-corrected chi connectivity index (χ0v) is 17.4. The number of nitrogens with one attached hydrogen (secondary N) is 1. The molecule has 162 valence electrons. The molecule has 0 radical (unpaired) electrons. The number of hydrogen-bond acceptors (Lipinski definition) is 6. The summed E-state index contributed by atoms with van der Waals surface area (Å²) < 4.78 is 5.26.